The first-order valence-corrected chi connectivity index (χ1v) is 6.09. The highest BCUT2D eigenvalue weighted by molar-refractivity contribution is 5.78. The highest BCUT2D eigenvalue weighted by atomic mass is 15.1. The average Bonchev–Trinajstić information content (AvgIpc) is 2.31. The van der Waals surface area contributed by atoms with Crippen LogP contribution in [0.4, 0.5) is 0 Å². The Morgan fingerprint density at radius 3 is 3.00 bits per heavy atom. The number of nitrogens with two attached hydrogens (primary N) is 1. The van der Waals surface area contributed by atoms with E-state index in [1.807, 2.05) is 18.5 Å². The third kappa shape index (κ3) is 4.85. The molecule has 1 heterocycles. The van der Waals surface area contributed by atoms with E-state index in [9.17, 15) is 0 Å². The van der Waals surface area contributed by atoms with Crippen LogP contribution in [0.5, 0.6) is 0 Å². The number of nitrogens with zero attached hydrogens (tertiary/aromatic N) is 2. The van der Waals surface area contributed by atoms with Crippen LogP contribution in [0.15, 0.2) is 23.5 Å². The number of hydrogen-bond donors (Lipinski definition) is 2. The molecule has 0 aliphatic carbocycles. The number of nitrogens with one attached hydrogen (secondary N) is 1. The zero-order chi connectivity index (χ0) is 12.7. The van der Waals surface area contributed by atoms with E-state index in [1.165, 1.54) is 11.1 Å². The first kappa shape index (κ1) is 13.5. The monoisotopic (exact) mass is 234 g/mol. The molecule has 0 aliphatic rings. The van der Waals surface area contributed by atoms with Crippen LogP contribution >= 0.6 is 0 Å². The van der Waals surface area contributed by atoms with Crippen LogP contribution in [0, 0.1) is 6.92 Å². The highest BCUT2D eigenvalue weighted by Crippen LogP contribution is 2.05. The number of aromatic nitrogens is 1. The van der Waals surface area contributed by atoms with Crippen molar-refractivity contribution in [2.75, 3.05) is 6.54 Å². The number of aliphatic imine (C=N–C) groups is 1. The Balaban J connectivity index is 2.41. The lowest BCUT2D eigenvalue weighted by Crippen LogP contribution is -2.38. The summed E-state index contributed by atoms with van der Waals surface area (Å²) in [5.41, 5.74) is 8.26. The average molecular weight is 234 g/mol. The molecule has 4 heteroatoms. The van der Waals surface area contributed by atoms with E-state index in [-0.39, 0.29) is 0 Å². The van der Waals surface area contributed by atoms with Crippen molar-refractivity contribution in [1.29, 1.82) is 0 Å². The molecule has 0 radical (unpaired) electrons. The summed E-state index contributed by atoms with van der Waals surface area (Å²) in [4.78, 5) is 8.38. The van der Waals surface area contributed by atoms with Crippen molar-refractivity contribution in [2.24, 2.45) is 10.7 Å². The standard InChI is InChI=1S/C13H22N4/c1-4-11(3)17-13(14)16-8-6-12-5-7-15-9-10(12)2/h5,7,9,11H,4,6,8H2,1-3H3,(H3,14,16,17). The van der Waals surface area contributed by atoms with Gasteiger partial charge in [-0.05, 0) is 43.9 Å². The van der Waals surface area contributed by atoms with Crippen LogP contribution in [0.1, 0.15) is 31.4 Å². The van der Waals surface area contributed by atoms with E-state index in [0.717, 1.165) is 12.8 Å². The Bertz CT molecular complexity index is 373. The molecule has 0 fully saturated rings. The molecule has 1 aromatic heterocycles. The molecule has 0 spiro atoms. The molecule has 0 saturated carbocycles. The molecule has 94 valence electrons. The maximum Gasteiger partial charge on any atom is 0.188 e. The first-order valence-electron chi connectivity index (χ1n) is 6.09. The van der Waals surface area contributed by atoms with Gasteiger partial charge in [-0.25, -0.2) is 0 Å². The minimum atomic E-state index is 0.376. The minimum Gasteiger partial charge on any atom is -0.370 e. The number of pyridine rings is 1. The van der Waals surface area contributed by atoms with Crippen LogP contribution in [0.2, 0.25) is 0 Å². The van der Waals surface area contributed by atoms with Gasteiger partial charge in [-0.1, -0.05) is 6.92 Å². The Labute approximate surface area is 103 Å². The molecule has 0 saturated heterocycles. The Hall–Kier alpha value is -1.58. The van der Waals surface area contributed by atoms with Crippen molar-refractivity contribution in [1.82, 2.24) is 10.3 Å². The van der Waals surface area contributed by atoms with Crippen molar-refractivity contribution >= 4 is 5.96 Å². The fourth-order valence-corrected chi connectivity index (χ4v) is 1.48. The molecule has 1 aromatic rings. The molecule has 0 aliphatic heterocycles. The first-order chi connectivity index (χ1) is 8.13. The van der Waals surface area contributed by atoms with Gasteiger partial charge in [0.1, 0.15) is 0 Å². The van der Waals surface area contributed by atoms with Crippen LogP contribution < -0.4 is 11.1 Å². The normalized spacial score (nSPS) is 13.5. The van der Waals surface area contributed by atoms with Crippen LogP contribution in [-0.2, 0) is 6.42 Å². The molecule has 3 N–H and O–H groups in total. The molecule has 0 aromatic carbocycles. The zero-order valence-corrected chi connectivity index (χ0v) is 10.9. The topological polar surface area (TPSA) is 63.3 Å². The number of aryl methyl sites for hydroxylation is 1. The van der Waals surface area contributed by atoms with Gasteiger partial charge in [0.05, 0.1) is 0 Å². The third-order valence-corrected chi connectivity index (χ3v) is 2.81. The molecule has 0 bridgehead atoms. The SMILES string of the molecule is CCC(C)NC(N)=NCCc1ccncc1C. The second-order valence-electron chi connectivity index (χ2n) is 4.27. The minimum absolute atomic E-state index is 0.376. The van der Waals surface area contributed by atoms with Gasteiger partial charge >= 0.3 is 0 Å². The molecular weight excluding hydrogens is 212 g/mol. The predicted molar refractivity (Wildman–Crippen MR) is 72.1 cm³/mol. The van der Waals surface area contributed by atoms with Crippen molar-refractivity contribution < 1.29 is 0 Å². The zero-order valence-electron chi connectivity index (χ0n) is 10.9. The molecule has 1 atom stereocenters. The van der Waals surface area contributed by atoms with Gasteiger partial charge < -0.3 is 11.1 Å². The van der Waals surface area contributed by atoms with Gasteiger partial charge in [0.15, 0.2) is 5.96 Å². The fraction of sp³-hybridized carbons (Fsp3) is 0.538. The van der Waals surface area contributed by atoms with Crippen molar-refractivity contribution in [3.8, 4) is 0 Å². The fourth-order valence-electron chi connectivity index (χ4n) is 1.48. The van der Waals surface area contributed by atoms with Gasteiger partial charge in [0, 0.05) is 25.0 Å². The largest absolute Gasteiger partial charge is 0.370 e. The molecule has 4 nitrogen and oxygen atoms in total. The van der Waals surface area contributed by atoms with Gasteiger partial charge in [-0.15, -0.1) is 0 Å². The summed E-state index contributed by atoms with van der Waals surface area (Å²) in [6.07, 6.45) is 5.63. The molecular formula is C13H22N4. The molecule has 1 rings (SSSR count). The molecule has 17 heavy (non-hydrogen) atoms. The Morgan fingerprint density at radius 2 is 2.35 bits per heavy atom. The summed E-state index contributed by atoms with van der Waals surface area (Å²) in [6, 6.07) is 2.41. The highest BCUT2D eigenvalue weighted by Gasteiger charge is 1.99. The van der Waals surface area contributed by atoms with E-state index in [2.05, 4.69) is 36.1 Å². The summed E-state index contributed by atoms with van der Waals surface area (Å²) in [6.45, 7) is 6.98. The van der Waals surface area contributed by atoms with Crippen LogP contribution in [0.3, 0.4) is 0 Å². The van der Waals surface area contributed by atoms with E-state index in [1.54, 1.807) is 0 Å². The summed E-state index contributed by atoms with van der Waals surface area (Å²) < 4.78 is 0. The Morgan fingerprint density at radius 1 is 1.59 bits per heavy atom. The summed E-state index contributed by atoms with van der Waals surface area (Å²) in [5.74, 6) is 0.533. The van der Waals surface area contributed by atoms with E-state index in [0.29, 0.717) is 18.5 Å². The summed E-state index contributed by atoms with van der Waals surface area (Å²) in [7, 11) is 0. The van der Waals surface area contributed by atoms with Gasteiger partial charge in [-0.3, -0.25) is 9.98 Å². The van der Waals surface area contributed by atoms with Gasteiger partial charge in [0.25, 0.3) is 0 Å². The van der Waals surface area contributed by atoms with E-state index in [4.69, 9.17) is 5.73 Å². The quantitative estimate of drug-likeness (QED) is 0.601. The van der Waals surface area contributed by atoms with E-state index < -0.39 is 0 Å². The lowest BCUT2D eigenvalue weighted by Gasteiger charge is -2.11. The van der Waals surface area contributed by atoms with Crippen molar-refractivity contribution in [3.05, 3.63) is 29.6 Å². The Kier molecular flexibility index (Phi) is 5.46. The maximum absolute atomic E-state index is 5.78. The summed E-state index contributed by atoms with van der Waals surface area (Å²) >= 11 is 0. The number of rotatable bonds is 5. The third-order valence-electron chi connectivity index (χ3n) is 2.81. The summed E-state index contributed by atoms with van der Waals surface area (Å²) in [5, 5.41) is 3.15. The maximum atomic E-state index is 5.78. The molecule has 1 unspecified atom stereocenters. The smallest absolute Gasteiger partial charge is 0.188 e. The van der Waals surface area contributed by atoms with Gasteiger partial charge in [-0.2, -0.15) is 0 Å². The molecule has 0 amide bonds. The predicted octanol–water partition coefficient (Wildman–Crippen LogP) is 1.64. The van der Waals surface area contributed by atoms with E-state index >= 15 is 0 Å². The lowest BCUT2D eigenvalue weighted by molar-refractivity contribution is 0.636. The van der Waals surface area contributed by atoms with Crippen molar-refractivity contribution in [3.63, 3.8) is 0 Å². The van der Waals surface area contributed by atoms with Crippen molar-refractivity contribution in [2.45, 2.75) is 39.7 Å². The number of hydrogen-bond acceptors (Lipinski definition) is 2. The lowest BCUT2D eigenvalue weighted by atomic mass is 10.1. The number of guanidine groups is 1. The van der Waals surface area contributed by atoms with Crippen LogP contribution in [-0.4, -0.2) is 23.5 Å². The van der Waals surface area contributed by atoms with Crippen LogP contribution in [0.25, 0.3) is 0 Å². The second kappa shape index (κ2) is 6.89. The second-order valence-corrected chi connectivity index (χ2v) is 4.27. The van der Waals surface area contributed by atoms with Gasteiger partial charge in [0.2, 0.25) is 0 Å².